The second-order valence-corrected chi connectivity index (χ2v) is 5.60. The van der Waals surface area contributed by atoms with Crippen molar-refractivity contribution in [1.29, 1.82) is 0 Å². The van der Waals surface area contributed by atoms with Crippen molar-refractivity contribution in [2.24, 2.45) is 0 Å². The molecule has 22 heavy (non-hydrogen) atoms. The monoisotopic (exact) mass is 321 g/mol. The van der Waals surface area contributed by atoms with Crippen LogP contribution in [-0.2, 0) is 11.3 Å². The minimum Gasteiger partial charge on any atom is -0.478 e. The van der Waals surface area contributed by atoms with Crippen LogP contribution in [0.1, 0.15) is 19.5 Å². The van der Waals surface area contributed by atoms with E-state index in [0.29, 0.717) is 16.5 Å². The number of aromatic amines is 1. The predicted molar refractivity (Wildman–Crippen MR) is 82.9 cm³/mol. The summed E-state index contributed by atoms with van der Waals surface area (Å²) in [6, 6.07) is 9.67. The van der Waals surface area contributed by atoms with E-state index >= 15 is 0 Å². The Balaban J connectivity index is 1.96. The van der Waals surface area contributed by atoms with Gasteiger partial charge in [0.05, 0.1) is 12.2 Å². The van der Waals surface area contributed by atoms with Gasteiger partial charge < -0.3 is 10.1 Å². The standard InChI is InChI=1S/C15H16ClN3O3/c1-15(2,22-12-6-3-10(16)4-7-12)14(21)17-9-11-5-8-13(20)19-18-11/h3-8H,9H2,1-2H3,(H,17,21)(H,19,20). The molecule has 0 aliphatic carbocycles. The molecule has 2 aromatic rings. The summed E-state index contributed by atoms with van der Waals surface area (Å²) in [5.74, 6) is 0.252. The van der Waals surface area contributed by atoms with E-state index in [4.69, 9.17) is 16.3 Å². The smallest absolute Gasteiger partial charge is 0.264 e. The van der Waals surface area contributed by atoms with Crippen molar-refractivity contribution in [2.75, 3.05) is 0 Å². The number of nitrogens with one attached hydrogen (secondary N) is 2. The number of hydrogen-bond donors (Lipinski definition) is 2. The zero-order valence-corrected chi connectivity index (χ0v) is 13.0. The summed E-state index contributed by atoms with van der Waals surface area (Å²) in [5.41, 5.74) is -0.799. The molecule has 6 nitrogen and oxygen atoms in total. The summed E-state index contributed by atoms with van der Waals surface area (Å²) >= 11 is 5.81. The average Bonchev–Trinajstić information content (AvgIpc) is 2.48. The van der Waals surface area contributed by atoms with Crippen molar-refractivity contribution in [1.82, 2.24) is 15.5 Å². The zero-order valence-electron chi connectivity index (χ0n) is 12.2. The second-order valence-electron chi connectivity index (χ2n) is 5.16. The van der Waals surface area contributed by atoms with Gasteiger partial charge in [-0.15, -0.1) is 0 Å². The molecule has 0 aliphatic heterocycles. The van der Waals surface area contributed by atoms with E-state index in [1.54, 1.807) is 44.2 Å². The topological polar surface area (TPSA) is 84.1 Å². The Bertz CT molecular complexity index is 690. The summed E-state index contributed by atoms with van der Waals surface area (Å²) in [6.45, 7) is 3.53. The molecule has 0 spiro atoms. The minimum absolute atomic E-state index is 0.197. The lowest BCUT2D eigenvalue weighted by Crippen LogP contribution is -2.46. The van der Waals surface area contributed by atoms with Crippen LogP contribution in [-0.4, -0.2) is 21.7 Å². The number of benzene rings is 1. The molecular formula is C15H16ClN3O3. The van der Waals surface area contributed by atoms with E-state index in [1.807, 2.05) is 0 Å². The maximum atomic E-state index is 12.2. The van der Waals surface area contributed by atoms with Crippen molar-refractivity contribution < 1.29 is 9.53 Å². The van der Waals surface area contributed by atoms with Crippen LogP contribution in [0.3, 0.4) is 0 Å². The quantitative estimate of drug-likeness (QED) is 0.881. The molecule has 0 fully saturated rings. The van der Waals surface area contributed by atoms with Gasteiger partial charge in [-0.3, -0.25) is 9.59 Å². The van der Waals surface area contributed by atoms with Crippen LogP contribution in [0.2, 0.25) is 5.02 Å². The van der Waals surface area contributed by atoms with E-state index in [0.717, 1.165) is 0 Å². The lowest BCUT2D eigenvalue weighted by atomic mass is 10.1. The number of amides is 1. The molecule has 1 heterocycles. The fourth-order valence-corrected chi connectivity index (χ4v) is 1.83. The van der Waals surface area contributed by atoms with Gasteiger partial charge in [0.1, 0.15) is 5.75 Å². The molecule has 0 unspecified atom stereocenters. The van der Waals surface area contributed by atoms with Crippen LogP contribution in [0.25, 0.3) is 0 Å². The third kappa shape index (κ3) is 4.33. The molecule has 0 aliphatic rings. The van der Waals surface area contributed by atoms with Crippen LogP contribution in [0.15, 0.2) is 41.2 Å². The summed E-state index contributed by atoms with van der Waals surface area (Å²) in [7, 11) is 0. The van der Waals surface area contributed by atoms with Gasteiger partial charge in [-0.25, -0.2) is 5.10 Å². The lowest BCUT2D eigenvalue weighted by Gasteiger charge is -2.25. The Labute approximate surface area is 132 Å². The fraction of sp³-hybridized carbons (Fsp3) is 0.267. The van der Waals surface area contributed by atoms with Gasteiger partial charge in [-0.1, -0.05) is 11.6 Å². The van der Waals surface area contributed by atoms with Crippen molar-refractivity contribution >= 4 is 17.5 Å². The molecule has 2 rings (SSSR count). The van der Waals surface area contributed by atoms with E-state index in [9.17, 15) is 9.59 Å². The Morgan fingerprint density at radius 2 is 1.95 bits per heavy atom. The van der Waals surface area contributed by atoms with E-state index in [2.05, 4.69) is 15.5 Å². The number of nitrogens with zero attached hydrogens (tertiary/aromatic N) is 1. The van der Waals surface area contributed by atoms with Crippen LogP contribution >= 0.6 is 11.6 Å². The lowest BCUT2D eigenvalue weighted by molar-refractivity contribution is -0.134. The molecule has 0 saturated heterocycles. The summed E-state index contributed by atoms with van der Waals surface area (Å²) in [5, 5.41) is 9.44. The van der Waals surface area contributed by atoms with Gasteiger partial charge in [-0.05, 0) is 44.2 Å². The first-order valence-corrected chi connectivity index (χ1v) is 7.02. The first-order valence-electron chi connectivity index (χ1n) is 6.64. The van der Waals surface area contributed by atoms with E-state index < -0.39 is 5.60 Å². The number of halogens is 1. The minimum atomic E-state index is -1.06. The Morgan fingerprint density at radius 1 is 1.27 bits per heavy atom. The molecule has 1 aromatic carbocycles. The highest BCUT2D eigenvalue weighted by Crippen LogP contribution is 2.21. The first-order chi connectivity index (χ1) is 10.4. The maximum absolute atomic E-state index is 12.2. The third-order valence-corrected chi connectivity index (χ3v) is 3.15. The van der Waals surface area contributed by atoms with Crippen molar-refractivity contribution in [3.8, 4) is 5.75 Å². The molecule has 116 valence electrons. The van der Waals surface area contributed by atoms with Crippen LogP contribution in [0.4, 0.5) is 0 Å². The number of carbonyl (C=O) groups is 1. The predicted octanol–water partition coefficient (Wildman–Crippen LogP) is 1.90. The number of aromatic nitrogens is 2. The molecule has 0 radical (unpaired) electrons. The van der Waals surface area contributed by atoms with Gasteiger partial charge in [0.25, 0.3) is 11.5 Å². The number of H-pyrrole nitrogens is 1. The van der Waals surface area contributed by atoms with Crippen LogP contribution in [0.5, 0.6) is 5.75 Å². The summed E-state index contributed by atoms with van der Waals surface area (Å²) in [6.07, 6.45) is 0. The molecule has 1 aromatic heterocycles. The van der Waals surface area contributed by atoms with Crippen molar-refractivity contribution in [3.63, 3.8) is 0 Å². The SMILES string of the molecule is CC(C)(Oc1ccc(Cl)cc1)C(=O)NCc1ccc(=O)[nH]n1. The van der Waals surface area contributed by atoms with Gasteiger partial charge in [0.2, 0.25) is 0 Å². The fourth-order valence-electron chi connectivity index (χ4n) is 1.70. The molecule has 1 amide bonds. The number of rotatable bonds is 5. The van der Waals surface area contributed by atoms with Crippen LogP contribution < -0.4 is 15.6 Å². The molecule has 0 atom stereocenters. The highest BCUT2D eigenvalue weighted by atomic mass is 35.5. The van der Waals surface area contributed by atoms with Crippen molar-refractivity contribution in [2.45, 2.75) is 26.0 Å². The van der Waals surface area contributed by atoms with Gasteiger partial charge in [-0.2, -0.15) is 5.10 Å². The van der Waals surface area contributed by atoms with Crippen LogP contribution in [0, 0.1) is 0 Å². The zero-order chi connectivity index (χ0) is 16.2. The highest BCUT2D eigenvalue weighted by Gasteiger charge is 2.29. The molecular weight excluding hydrogens is 306 g/mol. The molecule has 2 N–H and O–H groups in total. The van der Waals surface area contributed by atoms with Gasteiger partial charge >= 0.3 is 0 Å². The highest BCUT2D eigenvalue weighted by molar-refractivity contribution is 6.30. The number of carbonyl (C=O) groups excluding carboxylic acids is 1. The second kappa shape index (κ2) is 6.62. The normalized spacial score (nSPS) is 11.0. The molecule has 0 saturated carbocycles. The van der Waals surface area contributed by atoms with Gasteiger partial charge in [0, 0.05) is 11.1 Å². The Morgan fingerprint density at radius 3 is 2.55 bits per heavy atom. The Hall–Kier alpha value is -2.34. The van der Waals surface area contributed by atoms with E-state index in [1.165, 1.54) is 6.07 Å². The summed E-state index contributed by atoms with van der Waals surface area (Å²) in [4.78, 5) is 23.1. The van der Waals surface area contributed by atoms with Gasteiger partial charge in [0.15, 0.2) is 5.60 Å². The van der Waals surface area contributed by atoms with E-state index in [-0.39, 0.29) is 18.0 Å². The third-order valence-electron chi connectivity index (χ3n) is 2.90. The number of ether oxygens (including phenoxy) is 1. The number of hydrogen-bond acceptors (Lipinski definition) is 4. The first kappa shape index (κ1) is 16.0. The summed E-state index contributed by atoms with van der Waals surface area (Å²) < 4.78 is 5.68. The maximum Gasteiger partial charge on any atom is 0.264 e. The Kier molecular flexibility index (Phi) is 4.82. The largest absolute Gasteiger partial charge is 0.478 e. The molecule has 7 heteroatoms. The van der Waals surface area contributed by atoms with Crippen molar-refractivity contribution in [3.05, 3.63) is 57.5 Å². The molecule has 0 bridgehead atoms. The average molecular weight is 322 g/mol.